The lowest BCUT2D eigenvalue weighted by atomic mass is 10.2. The van der Waals surface area contributed by atoms with Crippen LogP contribution in [0, 0.1) is 0 Å². The molecule has 2 aromatic rings. The van der Waals surface area contributed by atoms with E-state index in [9.17, 15) is 4.79 Å². The maximum atomic E-state index is 11.0. The molecular weight excluding hydrogens is 260 g/mol. The molecule has 0 saturated heterocycles. The number of aryl methyl sites for hydroxylation is 1. The molecule has 0 aliphatic rings. The summed E-state index contributed by atoms with van der Waals surface area (Å²) in [5.74, 6) is -0.626. The Kier molecular flexibility index (Phi) is 3.42. The fourth-order valence-corrected chi connectivity index (χ4v) is 1.60. The van der Waals surface area contributed by atoms with Crippen molar-refractivity contribution in [1.82, 2.24) is 20.2 Å². The minimum atomic E-state index is -1.15. The average molecular weight is 269 g/mol. The van der Waals surface area contributed by atoms with Gasteiger partial charge in [-0.05, 0) is 17.3 Å². The minimum Gasteiger partial charge on any atom is -0.484 e. The molecule has 0 fully saturated rings. The highest BCUT2D eigenvalue weighted by Crippen LogP contribution is 2.26. The molecular formula is C10H9ClN4O3. The fraction of sp³-hybridized carbons (Fsp3) is 0.200. The van der Waals surface area contributed by atoms with Crippen LogP contribution in [0.5, 0.6) is 5.75 Å². The van der Waals surface area contributed by atoms with Crippen LogP contribution in [0.4, 0.5) is 0 Å². The summed E-state index contributed by atoms with van der Waals surface area (Å²) in [6.45, 7) is 0.0223. The van der Waals surface area contributed by atoms with Gasteiger partial charge in [-0.25, -0.2) is 4.79 Å². The summed E-state index contributed by atoms with van der Waals surface area (Å²) < 4.78 is 5.34. The van der Waals surface area contributed by atoms with Crippen molar-refractivity contribution in [2.24, 2.45) is 7.05 Å². The van der Waals surface area contributed by atoms with Crippen molar-refractivity contribution >= 4 is 17.6 Å². The standard InChI is InChI=1S/C10H9ClN4O3/c1-15-13-8(12-14-15)5-18-7-4-2-3-6(11)9(7)10(16)17/h2-4H,5H2,1H3,(H,16,17). The van der Waals surface area contributed by atoms with E-state index in [-0.39, 0.29) is 22.9 Å². The van der Waals surface area contributed by atoms with Crippen molar-refractivity contribution in [2.75, 3.05) is 0 Å². The average Bonchev–Trinajstić information content (AvgIpc) is 2.72. The first-order valence-corrected chi connectivity index (χ1v) is 5.33. The van der Waals surface area contributed by atoms with Gasteiger partial charge in [-0.1, -0.05) is 17.7 Å². The van der Waals surface area contributed by atoms with Crippen molar-refractivity contribution in [3.05, 3.63) is 34.6 Å². The number of carboxylic acid groups (broad SMARTS) is 1. The molecule has 0 amide bonds. The van der Waals surface area contributed by atoms with Gasteiger partial charge in [-0.15, -0.1) is 10.2 Å². The van der Waals surface area contributed by atoms with Crippen LogP contribution in [0.1, 0.15) is 16.2 Å². The molecule has 0 unspecified atom stereocenters. The fourth-order valence-electron chi connectivity index (χ4n) is 1.36. The maximum Gasteiger partial charge on any atom is 0.341 e. The monoisotopic (exact) mass is 268 g/mol. The van der Waals surface area contributed by atoms with E-state index < -0.39 is 5.97 Å². The Balaban J connectivity index is 2.19. The lowest BCUT2D eigenvalue weighted by Gasteiger charge is -2.08. The quantitative estimate of drug-likeness (QED) is 0.894. The topological polar surface area (TPSA) is 90.1 Å². The second-order valence-electron chi connectivity index (χ2n) is 3.40. The van der Waals surface area contributed by atoms with Gasteiger partial charge in [0, 0.05) is 0 Å². The number of ether oxygens (including phenoxy) is 1. The van der Waals surface area contributed by atoms with E-state index in [4.69, 9.17) is 21.4 Å². The number of carboxylic acids is 1. The summed E-state index contributed by atoms with van der Waals surface area (Å²) >= 11 is 5.80. The number of rotatable bonds is 4. The minimum absolute atomic E-state index is 0.0223. The summed E-state index contributed by atoms with van der Waals surface area (Å²) in [5.41, 5.74) is -0.0805. The van der Waals surface area contributed by atoms with Crippen LogP contribution < -0.4 is 4.74 Å². The molecule has 1 aromatic carbocycles. The normalized spacial score (nSPS) is 10.3. The summed E-state index contributed by atoms with van der Waals surface area (Å²) in [5, 5.41) is 20.4. The lowest BCUT2D eigenvalue weighted by molar-refractivity contribution is 0.0692. The van der Waals surface area contributed by atoms with Gasteiger partial charge in [0.1, 0.15) is 11.3 Å². The number of tetrazole rings is 1. The molecule has 1 N–H and O–H groups in total. The van der Waals surface area contributed by atoms with Crippen LogP contribution in [0.3, 0.4) is 0 Å². The number of hydrogen-bond acceptors (Lipinski definition) is 5. The molecule has 0 atom stereocenters. The molecule has 0 spiro atoms. The predicted octanol–water partition coefficient (Wildman–Crippen LogP) is 1.14. The highest BCUT2D eigenvalue weighted by atomic mass is 35.5. The number of benzene rings is 1. The third kappa shape index (κ3) is 2.57. The molecule has 8 heteroatoms. The van der Waals surface area contributed by atoms with E-state index in [2.05, 4.69) is 15.4 Å². The van der Waals surface area contributed by atoms with Crippen molar-refractivity contribution in [3.63, 3.8) is 0 Å². The van der Waals surface area contributed by atoms with Gasteiger partial charge < -0.3 is 9.84 Å². The molecule has 18 heavy (non-hydrogen) atoms. The zero-order chi connectivity index (χ0) is 13.1. The van der Waals surface area contributed by atoms with Crippen molar-refractivity contribution in [3.8, 4) is 5.75 Å². The van der Waals surface area contributed by atoms with E-state index in [1.54, 1.807) is 13.1 Å². The van der Waals surface area contributed by atoms with E-state index in [1.807, 2.05) is 0 Å². The molecule has 0 radical (unpaired) electrons. The Morgan fingerprint density at radius 2 is 2.33 bits per heavy atom. The second kappa shape index (κ2) is 5.01. The van der Waals surface area contributed by atoms with Gasteiger partial charge >= 0.3 is 5.97 Å². The summed E-state index contributed by atoms with van der Waals surface area (Å²) in [7, 11) is 1.62. The number of aromatic nitrogens is 4. The van der Waals surface area contributed by atoms with Crippen LogP contribution in [0.25, 0.3) is 0 Å². The SMILES string of the molecule is Cn1nnc(COc2cccc(Cl)c2C(=O)O)n1. The Hall–Kier alpha value is -2.15. The van der Waals surface area contributed by atoms with E-state index in [0.717, 1.165) is 0 Å². The molecule has 7 nitrogen and oxygen atoms in total. The molecule has 2 rings (SSSR count). The van der Waals surface area contributed by atoms with Crippen LogP contribution in [-0.2, 0) is 13.7 Å². The van der Waals surface area contributed by atoms with Crippen molar-refractivity contribution in [2.45, 2.75) is 6.61 Å². The molecule has 0 saturated carbocycles. The summed E-state index contributed by atoms with van der Waals surface area (Å²) in [6.07, 6.45) is 0. The number of hydrogen-bond donors (Lipinski definition) is 1. The Morgan fingerprint density at radius 1 is 1.56 bits per heavy atom. The number of halogens is 1. The molecule has 94 valence electrons. The molecule has 0 aliphatic heterocycles. The largest absolute Gasteiger partial charge is 0.484 e. The predicted molar refractivity (Wildman–Crippen MR) is 61.5 cm³/mol. The van der Waals surface area contributed by atoms with Crippen molar-refractivity contribution < 1.29 is 14.6 Å². The zero-order valence-corrected chi connectivity index (χ0v) is 10.1. The number of nitrogens with zero attached hydrogens (tertiary/aromatic N) is 4. The second-order valence-corrected chi connectivity index (χ2v) is 3.81. The van der Waals surface area contributed by atoms with Gasteiger partial charge in [0.2, 0.25) is 5.82 Å². The molecule has 0 aliphatic carbocycles. The van der Waals surface area contributed by atoms with Gasteiger partial charge in [-0.3, -0.25) is 0 Å². The van der Waals surface area contributed by atoms with Crippen LogP contribution >= 0.6 is 11.6 Å². The number of aromatic carboxylic acids is 1. The highest BCUT2D eigenvalue weighted by Gasteiger charge is 2.16. The Morgan fingerprint density at radius 3 is 2.94 bits per heavy atom. The van der Waals surface area contributed by atoms with Crippen LogP contribution in [0.2, 0.25) is 5.02 Å². The third-order valence-electron chi connectivity index (χ3n) is 2.10. The lowest BCUT2D eigenvalue weighted by Crippen LogP contribution is -2.05. The van der Waals surface area contributed by atoms with Crippen molar-refractivity contribution in [1.29, 1.82) is 0 Å². The van der Waals surface area contributed by atoms with Gasteiger partial charge in [0.25, 0.3) is 0 Å². The zero-order valence-electron chi connectivity index (χ0n) is 9.37. The number of carbonyl (C=O) groups is 1. The molecule has 1 heterocycles. The summed E-state index contributed by atoms with van der Waals surface area (Å²) in [4.78, 5) is 12.3. The first-order chi connectivity index (χ1) is 8.58. The first-order valence-electron chi connectivity index (χ1n) is 4.95. The Bertz CT molecular complexity index is 584. The molecule has 0 bridgehead atoms. The summed E-state index contributed by atoms with van der Waals surface area (Å²) in [6, 6.07) is 4.61. The highest BCUT2D eigenvalue weighted by molar-refractivity contribution is 6.33. The van der Waals surface area contributed by atoms with Crippen LogP contribution in [-0.4, -0.2) is 31.3 Å². The first kappa shape index (κ1) is 12.3. The van der Waals surface area contributed by atoms with Gasteiger partial charge in [0.15, 0.2) is 6.61 Å². The van der Waals surface area contributed by atoms with E-state index in [0.29, 0.717) is 5.82 Å². The van der Waals surface area contributed by atoms with E-state index >= 15 is 0 Å². The smallest absolute Gasteiger partial charge is 0.341 e. The maximum absolute atomic E-state index is 11.0. The van der Waals surface area contributed by atoms with Crippen LogP contribution in [0.15, 0.2) is 18.2 Å². The Labute approximate surface area is 107 Å². The third-order valence-corrected chi connectivity index (χ3v) is 2.41. The van der Waals surface area contributed by atoms with Gasteiger partial charge in [-0.2, -0.15) is 4.80 Å². The van der Waals surface area contributed by atoms with Gasteiger partial charge in [0.05, 0.1) is 12.1 Å². The molecule has 1 aromatic heterocycles. The van der Waals surface area contributed by atoms with E-state index in [1.165, 1.54) is 16.9 Å².